The summed E-state index contributed by atoms with van der Waals surface area (Å²) in [7, 11) is -4.16. The molecule has 11 heteroatoms. The first-order chi connectivity index (χ1) is 13.7. The number of carbonyl (C=O) groups excluding carboxylic acids is 3. The van der Waals surface area contributed by atoms with Crippen LogP contribution < -0.4 is 5.32 Å². The number of likely N-dealkylation sites (tertiary alicyclic amines) is 1. The van der Waals surface area contributed by atoms with E-state index in [1.165, 1.54) is 35.5 Å². The summed E-state index contributed by atoms with van der Waals surface area (Å²) < 4.78 is 27.0. The quantitative estimate of drug-likeness (QED) is 0.740. The van der Waals surface area contributed by atoms with E-state index in [2.05, 4.69) is 5.32 Å². The van der Waals surface area contributed by atoms with Gasteiger partial charge in [0.15, 0.2) is 0 Å². The van der Waals surface area contributed by atoms with Crippen molar-refractivity contribution in [3.63, 3.8) is 0 Å². The molecule has 8 nitrogen and oxygen atoms in total. The van der Waals surface area contributed by atoms with Crippen LogP contribution >= 0.6 is 23.2 Å². The highest BCUT2D eigenvalue weighted by Gasteiger charge is 2.38. The van der Waals surface area contributed by atoms with Crippen molar-refractivity contribution in [2.75, 3.05) is 13.1 Å². The van der Waals surface area contributed by atoms with Crippen molar-refractivity contribution >= 4 is 50.8 Å². The van der Waals surface area contributed by atoms with E-state index < -0.39 is 22.0 Å². The summed E-state index contributed by atoms with van der Waals surface area (Å²) in [6.45, 7) is 0.662. The Morgan fingerprint density at radius 2 is 1.90 bits per heavy atom. The molecule has 1 atom stereocenters. The predicted molar refractivity (Wildman–Crippen MR) is 107 cm³/mol. The minimum atomic E-state index is -4.16. The Morgan fingerprint density at radius 1 is 1.14 bits per heavy atom. The summed E-state index contributed by atoms with van der Waals surface area (Å²) in [5.74, 6) is -0.915. The fourth-order valence-electron chi connectivity index (χ4n) is 3.21. The first kappa shape index (κ1) is 21.6. The van der Waals surface area contributed by atoms with Crippen LogP contribution in [0.5, 0.6) is 0 Å². The third-order valence-corrected chi connectivity index (χ3v) is 7.31. The van der Waals surface area contributed by atoms with Gasteiger partial charge < -0.3 is 10.2 Å². The lowest BCUT2D eigenvalue weighted by Gasteiger charge is -2.32. The number of Topliss-reactive ketones (excluding diaryl/α,β-unsaturated/α-hetero) is 1. The van der Waals surface area contributed by atoms with Crippen molar-refractivity contribution in [3.8, 4) is 0 Å². The van der Waals surface area contributed by atoms with Gasteiger partial charge in [-0.05, 0) is 24.6 Å². The van der Waals surface area contributed by atoms with E-state index in [1.54, 1.807) is 0 Å². The average Bonchev–Trinajstić information content (AvgIpc) is 2.90. The van der Waals surface area contributed by atoms with Crippen molar-refractivity contribution in [3.05, 3.63) is 40.6 Å². The topological polar surface area (TPSA) is 104 Å². The Kier molecular flexibility index (Phi) is 6.50. The van der Waals surface area contributed by atoms with E-state index in [1.807, 2.05) is 0 Å². The Morgan fingerprint density at radius 3 is 2.62 bits per heavy atom. The number of amides is 2. The zero-order chi connectivity index (χ0) is 21.2. The third-order valence-electron chi connectivity index (χ3n) is 4.79. The maximum Gasteiger partial charge on any atom is 0.264 e. The van der Waals surface area contributed by atoms with Gasteiger partial charge in [-0.2, -0.15) is 0 Å². The van der Waals surface area contributed by atoms with Crippen LogP contribution in [0.2, 0.25) is 10.0 Å². The van der Waals surface area contributed by atoms with Gasteiger partial charge in [0, 0.05) is 38.3 Å². The van der Waals surface area contributed by atoms with Crippen LogP contribution in [0, 0.1) is 0 Å². The molecule has 0 radical (unpaired) electrons. The normalized spacial score (nSPS) is 20.4. The minimum absolute atomic E-state index is 0.0556. The largest absolute Gasteiger partial charge is 0.342 e. The molecule has 3 rings (SSSR count). The van der Waals surface area contributed by atoms with Gasteiger partial charge in [-0.15, -0.1) is 0 Å². The van der Waals surface area contributed by atoms with E-state index in [9.17, 15) is 22.8 Å². The molecule has 0 aliphatic carbocycles. The van der Waals surface area contributed by atoms with Crippen LogP contribution in [0.15, 0.2) is 35.5 Å². The van der Waals surface area contributed by atoms with Crippen LogP contribution in [-0.4, -0.2) is 54.4 Å². The number of carbonyl (C=O) groups is 3. The van der Waals surface area contributed by atoms with Crippen LogP contribution in [0.25, 0.3) is 0 Å². The Hall–Kier alpha value is -2.10. The van der Waals surface area contributed by atoms with E-state index in [0.717, 1.165) is 4.31 Å². The molecule has 156 valence electrons. The highest BCUT2D eigenvalue weighted by atomic mass is 35.5. The molecule has 2 heterocycles. The van der Waals surface area contributed by atoms with E-state index >= 15 is 0 Å². The van der Waals surface area contributed by atoms with Crippen LogP contribution in [0.1, 0.15) is 25.7 Å². The highest BCUT2D eigenvalue weighted by Crippen LogP contribution is 2.29. The summed E-state index contributed by atoms with van der Waals surface area (Å²) in [5, 5.41) is 2.69. The number of rotatable bonds is 4. The second-order valence-electron chi connectivity index (χ2n) is 6.73. The average molecular weight is 460 g/mol. The second kappa shape index (κ2) is 8.73. The molecule has 1 saturated heterocycles. The molecule has 1 aromatic carbocycles. The first-order valence-corrected chi connectivity index (χ1v) is 11.1. The van der Waals surface area contributed by atoms with Gasteiger partial charge in [0.05, 0.1) is 21.4 Å². The van der Waals surface area contributed by atoms with Gasteiger partial charge in [0.25, 0.3) is 10.0 Å². The van der Waals surface area contributed by atoms with Crippen molar-refractivity contribution in [2.24, 2.45) is 0 Å². The van der Waals surface area contributed by atoms with Gasteiger partial charge in [0.2, 0.25) is 11.8 Å². The number of nitrogens with one attached hydrogen (secondary N) is 1. The number of hydrogen-bond donors (Lipinski definition) is 1. The van der Waals surface area contributed by atoms with Crippen molar-refractivity contribution in [2.45, 2.75) is 36.6 Å². The number of halogens is 2. The molecule has 0 bridgehead atoms. The summed E-state index contributed by atoms with van der Waals surface area (Å²) in [6.07, 6.45) is 3.27. The summed E-state index contributed by atoms with van der Waals surface area (Å²) in [5.41, 5.74) is 0. The van der Waals surface area contributed by atoms with Crippen LogP contribution in [-0.2, 0) is 24.4 Å². The second-order valence-corrected chi connectivity index (χ2v) is 9.39. The van der Waals surface area contributed by atoms with Crippen molar-refractivity contribution < 1.29 is 22.8 Å². The SMILES string of the molecule is O=C1CCCN(C(=O)C[C@@H]2C(=O)NC=CN2S(=O)(=O)c2ccc(Cl)c(Cl)c2)CC1. The molecule has 0 spiro atoms. The lowest BCUT2D eigenvalue weighted by molar-refractivity contribution is -0.135. The maximum atomic E-state index is 13.1. The van der Waals surface area contributed by atoms with Crippen LogP contribution in [0.3, 0.4) is 0 Å². The number of nitrogens with zero attached hydrogens (tertiary/aromatic N) is 2. The molecule has 1 aromatic rings. The molecule has 0 aromatic heterocycles. The standard InChI is InChI=1S/C18H19Cl2N3O5S/c19-14-4-3-13(10-15(14)20)29(27,28)23-9-6-21-18(26)16(23)11-17(25)22-7-1-2-12(24)5-8-22/h3-4,6,9-10,16H,1-2,5,7-8,11H2,(H,21,26)/t16-/m1/s1. The van der Waals surface area contributed by atoms with Gasteiger partial charge in [0.1, 0.15) is 11.8 Å². The molecule has 2 aliphatic rings. The summed E-state index contributed by atoms with van der Waals surface area (Å²) >= 11 is 11.8. The molecular weight excluding hydrogens is 441 g/mol. The zero-order valence-electron chi connectivity index (χ0n) is 15.3. The Labute approximate surface area is 178 Å². The summed E-state index contributed by atoms with van der Waals surface area (Å²) in [4.78, 5) is 38.0. The van der Waals surface area contributed by atoms with E-state index in [4.69, 9.17) is 23.2 Å². The molecular formula is C18H19Cl2N3O5S. The van der Waals surface area contributed by atoms with Gasteiger partial charge in [-0.25, -0.2) is 8.42 Å². The molecule has 1 N–H and O–H groups in total. The minimum Gasteiger partial charge on any atom is -0.342 e. The van der Waals surface area contributed by atoms with E-state index in [0.29, 0.717) is 19.4 Å². The maximum absolute atomic E-state index is 13.1. The molecule has 1 fully saturated rings. The smallest absolute Gasteiger partial charge is 0.264 e. The summed E-state index contributed by atoms with van der Waals surface area (Å²) in [6, 6.07) is 2.56. The van der Waals surface area contributed by atoms with E-state index in [-0.39, 0.29) is 46.0 Å². The van der Waals surface area contributed by atoms with Crippen molar-refractivity contribution in [1.82, 2.24) is 14.5 Å². The number of hydrogen-bond acceptors (Lipinski definition) is 5. The number of sulfonamides is 1. The molecule has 0 unspecified atom stereocenters. The van der Waals surface area contributed by atoms with Gasteiger partial charge in [-0.3, -0.25) is 18.7 Å². The third kappa shape index (κ3) is 4.73. The first-order valence-electron chi connectivity index (χ1n) is 8.95. The molecule has 0 saturated carbocycles. The molecule has 2 amide bonds. The molecule has 29 heavy (non-hydrogen) atoms. The number of ketones is 1. The van der Waals surface area contributed by atoms with Gasteiger partial charge >= 0.3 is 0 Å². The fourth-order valence-corrected chi connectivity index (χ4v) is 5.04. The lowest BCUT2D eigenvalue weighted by atomic mass is 10.1. The Bertz CT molecular complexity index is 980. The monoisotopic (exact) mass is 459 g/mol. The molecule has 2 aliphatic heterocycles. The predicted octanol–water partition coefficient (Wildman–Crippen LogP) is 1.93. The van der Waals surface area contributed by atoms with Crippen molar-refractivity contribution in [1.29, 1.82) is 0 Å². The number of benzene rings is 1. The van der Waals surface area contributed by atoms with Gasteiger partial charge in [-0.1, -0.05) is 23.2 Å². The van der Waals surface area contributed by atoms with Crippen LogP contribution in [0.4, 0.5) is 0 Å². The lowest BCUT2D eigenvalue weighted by Crippen LogP contribution is -2.51. The zero-order valence-corrected chi connectivity index (χ0v) is 17.6. The fraction of sp³-hybridized carbons (Fsp3) is 0.389. The highest BCUT2D eigenvalue weighted by molar-refractivity contribution is 7.89. The Balaban J connectivity index is 1.85.